The van der Waals surface area contributed by atoms with Crippen LogP contribution in [-0.2, 0) is 4.74 Å². The average Bonchev–Trinajstić information content (AvgIpc) is 2.16. The Bertz CT molecular complexity index is 396. The van der Waals surface area contributed by atoms with Crippen LogP contribution in [0.5, 0.6) is 0 Å². The van der Waals surface area contributed by atoms with Gasteiger partial charge in [0.15, 0.2) is 0 Å². The van der Waals surface area contributed by atoms with Gasteiger partial charge in [-0.05, 0) is 42.5 Å². The number of pyridine rings is 1. The van der Waals surface area contributed by atoms with Crippen LogP contribution in [-0.4, -0.2) is 17.1 Å². The van der Waals surface area contributed by atoms with Crippen molar-refractivity contribution in [1.82, 2.24) is 4.98 Å². The summed E-state index contributed by atoms with van der Waals surface area (Å²) in [6.07, 6.45) is -1.70. The van der Waals surface area contributed by atoms with Gasteiger partial charge in [-0.25, -0.2) is 18.6 Å². The van der Waals surface area contributed by atoms with E-state index in [1.54, 1.807) is 36.4 Å². The van der Waals surface area contributed by atoms with Crippen LogP contribution in [0.1, 0.15) is 36.2 Å². The molecule has 0 unspecified atom stereocenters. The minimum absolute atomic E-state index is 0.0458. The second kappa shape index (κ2) is 5.51. The maximum Gasteiger partial charge on any atom is 0.339 e. The van der Waals surface area contributed by atoms with Gasteiger partial charge in [0.05, 0.1) is 17.2 Å². The molecule has 0 saturated heterocycles. The molecule has 0 saturated carbocycles. The number of rotatable bonds is 3. The minimum atomic E-state index is -2.65. The fourth-order valence-electron chi connectivity index (χ4n) is 1.01. The van der Waals surface area contributed by atoms with Crippen molar-refractivity contribution in [2.45, 2.75) is 26.4 Å². The van der Waals surface area contributed by atoms with Crippen LogP contribution in [0.3, 0.4) is 0 Å². The number of hydrogen-bond acceptors (Lipinski definition) is 3. The maximum absolute atomic E-state index is 12.5. The number of nitrogens with zero attached hydrogens (tertiary/aromatic N) is 1. The van der Waals surface area contributed by atoms with Gasteiger partial charge < -0.3 is 4.74 Å². The third-order valence-corrected chi connectivity index (χ3v) is 2.58. The van der Waals surface area contributed by atoms with Crippen molar-refractivity contribution in [2.24, 2.45) is 0 Å². The molecule has 0 radical (unpaired) electrons. The van der Waals surface area contributed by atoms with Crippen LogP contribution in [0.25, 0.3) is 0 Å². The van der Waals surface area contributed by atoms with E-state index in [1.807, 2.05) is 0 Å². The number of alkyl halides is 2. The summed E-state index contributed by atoms with van der Waals surface area (Å²) in [4.78, 5) is 15.2. The molecule has 6 heteroatoms. The molecule has 0 N–H and O–H groups in total. The van der Waals surface area contributed by atoms with Crippen molar-refractivity contribution in [3.63, 3.8) is 0 Å². The van der Waals surface area contributed by atoms with Gasteiger partial charge in [0.2, 0.25) is 0 Å². The first-order chi connectivity index (χ1) is 7.41. The number of carbonyl (C=O) groups is 1. The monoisotopic (exact) mass is 341 g/mol. The largest absolute Gasteiger partial charge is 0.459 e. The van der Waals surface area contributed by atoms with Crippen LogP contribution in [0.2, 0.25) is 0 Å². The van der Waals surface area contributed by atoms with E-state index in [0.29, 0.717) is 0 Å². The fraction of sp³-hybridized carbons (Fsp3) is 0.400. The highest BCUT2D eigenvalue weighted by atomic mass is 127. The molecule has 1 aromatic heterocycles. The molecule has 1 aromatic rings. The fourth-order valence-corrected chi connectivity index (χ4v) is 1.54. The molecule has 0 spiro atoms. The summed E-state index contributed by atoms with van der Waals surface area (Å²) in [6, 6.07) is 1.12. The van der Waals surface area contributed by atoms with Gasteiger partial charge >= 0.3 is 5.97 Å². The van der Waals surface area contributed by atoms with E-state index in [0.717, 1.165) is 6.07 Å². The van der Waals surface area contributed by atoms with Gasteiger partial charge in [-0.15, -0.1) is 0 Å². The molecule has 0 amide bonds. The second-order valence-corrected chi connectivity index (χ2v) is 4.38. The Balaban J connectivity index is 2.98. The topological polar surface area (TPSA) is 39.2 Å². The summed E-state index contributed by atoms with van der Waals surface area (Å²) in [5.74, 6) is -0.638. The van der Waals surface area contributed by atoms with Crippen molar-refractivity contribution < 1.29 is 18.3 Å². The van der Waals surface area contributed by atoms with E-state index in [-0.39, 0.29) is 20.9 Å². The minimum Gasteiger partial charge on any atom is -0.459 e. The first-order valence-electron chi connectivity index (χ1n) is 4.56. The van der Waals surface area contributed by atoms with Crippen LogP contribution in [0, 0.1) is 3.70 Å². The van der Waals surface area contributed by atoms with Gasteiger partial charge in [0.1, 0.15) is 3.70 Å². The summed E-state index contributed by atoms with van der Waals surface area (Å²) in [7, 11) is 0. The van der Waals surface area contributed by atoms with Crippen molar-refractivity contribution in [3.05, 3.63) is 27.1 Å². The number of esters is 1. The third-order valence-electron chi connectivity index (χ3n) is 1.68. The molecule has 88 valence electrons. The summed E-state index contributed by atoms with van der Waals surface area (Å²) in [5, 5.41) is 0. The molecule has 0 aliphatic carbocycles. The van der Waals surface area contributed by atoms with E-state index in [1.165, 1.54) is 6.20 Å². The smallest absolute Gasteiger partial charge is 0.339 e. The molecule has 0 aromatic carbocycles. The van der Waals surface area contributed by atoms with E-state index < -0.39 is 12.4 Å². The number of aromatic nitrogens is 1. The maximum atomic E-state index is 12.5. The lowest BCUT2D eigenvalue weighted by atomic mass is 10.2. The van der Waals surface area contributed by atoms with Crippen LogP contribution in [0.4, 0.5) is 8.78 Å². The normalized spacial score (nSPS) is 10.9. The highest BCUT2D eigenvalue weighted by molar-refractivity contribution is 14.1. The zero-order valence-corrected chi connectivity index (χ0v) is 10.9. The highest BCUT2D eigenvalue weighted by Crippen LogP contribution is 2.24. The molecule has 0 bridgehead atoms. The van der Waals surface area contributed by atoms with Crippen molar-refractivity contribution in [1.29, 1.82) is 0 Å². The van der Waals surface area contributed by atoms with Gasteiger partial charge in [-0.3, -0.25) is 0 Å². The molecule has 0 fully saturated rings. The molecular formula is C10H10F2INO2. The first-order valence-corrected chi connectivity index (χ1v) is 5.64. The molecule has 16 heavy (non-hydrogen) atoms. The van der Waals surface area contributed by atoms with Crippen LogP contribution < -0.4 is 0 Å². The lowest BCUT2D eigenvalue weighted by Gasteiger charge is -2.09. The number of hydrogen-bond donors (Lipinski definition) is 0. The third kappa shape index (κ3) is 3.36. The average molecular weight is 341 g/mol. The Labute approximate surface area is 105 Å². The van der Waals surface area contributed by atoms with E-state index in [2.05, 4.69) is 4.98 Å². The van der Waals surface area contributed by atoms with Gasteiger partial charge in [-0.1, -0.05) is 0 Å². The summed E-state index contributed by atoms with van der Waals surface area (Å²) in [5.41, 5.74) is -0.205. The number of halogens is 3. The zero-order valence-electron chi connectivity index (χ0n) is 8.71. The van der Waals surface area contributed by atoms with E-state index in [4.69, 9.17) is 4.74 Å². The Morgan fingerprint density at radius 1 is 1.50 bits per heavy atom. The molecule has 0 atom stereocenters. The Morgan fingerprint density at radius 3 is 2.62 bits per heavy atom. The van der Waals surface area contributed by atoms with Crippen LogP contribution in [0.15, 0.2) is 12.3 Å². The van der Waals surface area contributed by atoms with Gasteiger partial charge in [-0.2, -0.15) is 0 Å². The van der Waals surface area contributed by atoms with Crippen molar-refractivity contribution in [3.8, 4) is 0 Å². The Kier molecular flexibility index (Phi) is 4.57. The predicted molar refractivity (Wildman–Crippen MR) is 62.5 cm³/mol. The number of carbonyl (C=O) groups excluding carboxylic acids is 1. The Morgan fingerprint density at radius 2 is 2.12 bits per heavy atom. The van der Waals surface area contributed by atoms with Gasteiger partial charge in [0.25, 0.3) is 6.43 Å². The summed E-state index contributed by atoms with van der Waals surface area (Å²) in [6.45, 7) is 3.37. The van der Waals surface area contributed by atoms with Crippen molar-refractivity contribution >= 4 is 28.6 Å². The zero-order chi connectivity index (χ0) is 12.3. The van der Waals surface area contributed by atoms with E-state index >= 15 is 0 Å². The highest BCUT2D eigenvalue weighted by Gasteiger charge is 2.17. The lowest BCUT2D eigenvalue weighted by Crippen LogP contribution is -2.12. The lowest BCUT2D eigenvalue weighted by molar-refractivity contribution is 0.0377. The molecule has 0 aliphatic heterocycles. The summed E-state index contributed by atoms with van der Waals surface area (Å²) < 4.78 is 30.1. The molecule has 1 rings (SSSR count). The predicted octanol–water partition coefficient (Wildman–Crippen LogP) is 3.19. The molecule has 1 heterocycles. The standard InChI is InChI=1S/C10H10F2INO2/c1-5(2)16-10(15)6-3-7(8(11)12)9(13)14-4-6/h3-5,8H,1-2H3. The second-order valence-electron chi connectivity index (χ2n) is 3.36. The summed E-state index contributed by atoms with van der Waals surface area (Å²) >= 11 is 1.70. The molecule has 3 nitrogen and oxygen atoms in total. The van der Waals surface area contributed by atoms with Gasteiger partial charge in [0, 0.05) is 6.20 Å². The van der Waals surface area contributed by atoms with Crippen molar-refractivity contribution in [2.75, 3.05) is 0 Å². The number of ether oxygens (including phenoxy) is 1. The quantitative estimate of drug-likeness (QED) is 0.482. The van der Waals surface area contributed by atoms with Crippen LogP contribution >= 0.6 is 22.6 Å². The Hall–Kier alpha value is -0.790. The molecule has 0 aliphatic rings. The first kappa shape index (κ1) is 13.3. The molecular weight excluding hydrogens is 331 g/mol. The SMILES string of the molecule is CC(C)OC(=O)c1cnc(I)c(C(F)F)c1. The van der Waals surface area contributed by atoms with E-state index in [9.17, 15) is 13.6 Å².